The monoisotopic (exact) mass is 536 g/mol. The average Bonchev–Trinajstić information content (AvgIpc) is 3.72. The molecule has 16 heteroatoms. The fraction of sp³-hybridized carbons (Fsp3) is 0.318. The maximum Gasteiger partial charge on any atom is 0.295 e. The summed E-state index contributed by atoms with van der Waals surface area (Å²) in [6.07, 6.45) is 6.26. The SMILES string of the molecule is CC=N/C(C)=N\Nc1ncc(OC)c2c(C(=O)C(=O)N3CCN(c4nnnn4-c4nccs4)CC3)c[nH]c12. The predicted octanol–water partition coefficient (Wildman–Crippen LogP) is 1.37. The fourth-order valence-electron chi connectivity index (χ4n) is 4.08. The average molecular weight is 537 g/mol. The molecular formula is C22H24N12O3S. The number of anilines is 2. The number of aromatic amines is 1. The van der Waals surface area contributed by atoms with Crippen molar-refractivity contribution in [2.75, 3.05) is 43.6 Å². The van der Waals surface area contributed by atoms with Gasteiger partial charge in [0.05, 0.1) is 29.8 Å². The molecular weight excluding hydrogens is 512 g/mol. The second kappa shape index (κ2) is 10.7. The molecule has 0 unspecified atom stereocenters. The van der Waals surface area contributed by atoms with E-state index in [1.807, 2.05) is 10.3 Å². The molecule has 1 saturated heterocycles. The smallest absolute Gasteiger partial charge is 0.295 e. The van der Waals surface area contributed by atoms with E-state index in [2.05, 4.69) is 46.0 Å². The molecule has 1 amide bonds. The number of piperazine rings is 1. The van der Waals surface area contributed by atoms with Gasteiger partial charge in [-0.15, -0.1) is 11.3 Å². The van der Waals surface area contributed by atoms with E-state index in [-0.39, 0.29) is 5.56 Å². The number of thiazole rings is 1. The number of tetrazole rings is 1. The molecule has 196 valence electrons. The first-order valence-corrected chi connectivity index (χ1v) is 12.5. The number of hydrazone groups is 1. The fourth-order valence-corrected chi connectivity index (χ4v) is 4.66. The predicted molar refractivity (Wildman–Crippen MR) is 141 cm³/mol. The van der Waals surface area contributed by atoms with Crippen molar-refractivity contribution < 1.29 is 14.3 Å². The number of carbonyl (C=O) groups excluding carboxylic acids is 2. The molecule has 38 heavy (non-hydrogen) atoms. The van der Waals surface area contributed by atoms with Crippen molar-refractivity contribution in [1.82, 2.24) is 40.1 Å². The first kappa shape index (κ1) is 24.9. The number of aromatic nitrogens is 7. The van der Waals surface area contributed by atoms with Crippen LogP contribution in [0.5, 0.6) is 5.75 Å². The molecule has 1 aliphatic heterocycles. The van der Waals surface area contributed by atoms with Crippen LogP contribution in [0.1, 0.15) is 24.2 Å². The van der Waals surface area contributed by atoms with E-state index in [4.69, 9.17) is 4.74 Å². The number of pyridine rings is 1. The number of hydrogen-bond donors (Lipinski definition) is 2. The Morgan fingerprint density at radius 1 is 1.24 bits per heavy atom. The number of rotatable bonds is 7. The molecule has 4 aromatic rings. The van der Waals surface area contributed by atoms with E-state index < -0.39 is 11.7 Å². The number of fused-ring (bicyclic) bond motifs is 1. The standard InChI is InChI=1S/C22H24N12O3S/c1-4-23-13(2)27-28-19-17-16(15(37-3)12-26-19)14(11-25-17)18(35)20(36)32-6-8-33(9-7-32)21-29-30-31-34(21)22-24-5-10-38-22/h4-5,10-12,25H,6-9H2,1-3H3,(H,26,28)/b23-4?,27-13-. The lowest BCUT2D eigenvalue weighted by Gasteiger charge is -2.34. The summed E-state index contributed by atoms with van der Waals surface area (Å²) in [6, 6.07) is 0. The van der Waals surface area contributed by atoms with Gasteiger partial charge in [0.1, 0.15) is 11.6 Å². The molecule has 0 aromatic carbocycles. The zero-order valence-electron chi connectivity index (χ0n) is 20.8. The van der Waals surface area contributed by atoms with Crippen LogP contribution in [-0.4, -0.2) is 97.1 Å². The molecule has 0 radical (unpaired) electrons. The molecule has 0 saturated carbocycles. The number of amidine groups is 1. The van der Waals surface area contributed by atoms with Crippen molar-refractivity contribution in [3.05, 3.63) is 29.5 Å². The second-order valence-corrected chi connectivity index (χ2v) is 8.97. The van der Waals surface area contributed by atoms with E-state index >= 15 is 0 Å². The van der Waals surface area contributed by atoms with Crippen molar-refractivity contribution in [3.8, 4) is 10.9 Å². The molecule has 5 heterocycles. The third kappa shape index (κ3) is 4.68. The zero-order valence-corrected chi connectivity index (χ0v) is 21.6. The third-order valence-corrected chi connectivity index (χ3v) is 6.62. The summed E-state index contributed by atoms with van der Waals surface area (Å²) < 4.78 is 7.00. The summed E-state index contributed by atoms with van der Waals surface area (Å²) in [5.74, 6) is 0.497. The first-order valence-electron chi connectivity index (χ1n) is 11.6. The lowest BCUT2D eigenvalue weighted by Crippen LogP contribution is -2.51. The Hall–Kier alpha value is -4.73. The molecule has 2 N–H and O–H groups in total. The van der Waals surface area contributed by atoms with Crippen LogP contribution in [0.15, 0.2) is 34.1 Å². The van der Waals surface area contributed by atoms with Gasteiger partial charge in [0, 0.05) is 50.2 Å². The Labute approximate surface area is 220 Å². The quantitative estimate of drug-likeness (QED) is 0.115. The van der Waals surface area contributed by atoms with Crippen molar-refractivity contribution in [2.45, 2.75) is 13.8 Å². The number of methoxy groups -OCH3 is 1. The van der Waals surface area contributed by atoms with Gasteiger partial charge in [0.2, 0.25) is 5.13 Å². The highest BCUT2D eigenvalue weighted by Crippen LogP contribution is 2.33. The van der Waals surface area contributed by atoms with Gasteiger partial charge in [0.25, 0.3) is 17.6 Å². The number of hydrogen-bond acceptors (Lipinski definition) is 12. The maximum atomic E-state index is 13.4. The van der Waals surface area contributed by atoms with Gasteiger partial charge in [-0.05, 0) is 24.3 Å². The van der Waals surface area contributed by atoms with Crippen LogP contribution < -0.4 is 15.1 Å². The lowest BCUT2D eigenvalue weighted by atomic mass is 10.1. The van der Waals surface area contributed by atoms with Gasteiger partial charge in [-0.25, -0.2) is 15.0 Å². The topological polar surface area (TPSA) is 172 Å². The Balaban J connectivity index is 1.33. The zero-order chi connectivity index (χ0) is 26.6. The van der Waals surface area contributed by atoms with Gasteiger partial charge < -0.3 is 19.5 Å². The molecule has 0 bridgehead atoms. The highest BCUT2D eigenvalue weighted by molar-refractivity contribution is 7.12. The van der Waals surface area contributed by atoms with Crippen LogP contribution in [0.25, 0.3) is 16.0 Å². The Bertz CT molecular complexity index is 1520. The van der Waals surface area contributed by atoms with Gasteiger partial charge in [0.15, 0.2) is 5.82 Å². The van der Waals surface area contributed by atoms with Crippen LogP contribution in [0.4, 0.5) is 11.8 Å². The van der Waals surface area contributed by atoms with Crippen LogP contribution in [0.2, 0.25) is 0 Å². The third-order valence-electron chi connectivity index (χ3n) is 5.88. The molecule has 15 nitrogen and oxygen atoms in total. The lowest BCUT2D eigenvalue weighted by molar-refractivity contribution is -0.126. The van der Waals surface area contributed by atoms with Crippen LogP contribution in [-0.2, 0) is 4.79 Å². The van der Waals surface area contributed by atoms with Crippen molar-refractivity contribution >= 4 is 57.7 Å². The Kier molecular flexibility index (Phi) is 7.03. The van der Waals surface area contributed by atoms with Crippen molar-refractivity contribution in [3.63, 3.8) is 0 Å². The molecule has 4 aromatic heterocycles. The summed E-state index contributed by atoms with van der Waals surface area (Å²) in [6.45, 7) is 5.09. The molecule has 1 fully saturated rings. The van der Waals surface area contributed by atoms with Crippen molar-refractivity contribution in [1.29, 1.82) is 0 Å². The number of ketones is 1. The van der Waals surface area contributed by atoms with E-state index in [9.17, 15) is 9.59 Å². The van der Waals surface area contributed by atoms with Crippen LogP contribution >= 0.6 is 11.3 Å². The number of carbonyl (C=O) groups is 2. The van der Waals surface area contributed by atoms with E-state index in [1.54, 1.807) is 30.9 Å². The van der Waals surface area contributed by atoms with Gasteiger partial charge >= 0.3 is 0 Å². The number of amides is 1. The minimum absolute atomic E-state index is 0.190. The number of H-pyrrole nitrogens is 1. The maximum absolute atomic E-state index is 13.4. The van der Waals surface area contributed by atoms with E-state index in [0.717, 1.165) is 0 Å². The summed E-state index contributed by atoms with van der Waals surface area (Å²) in [4.78, 5) is 45.8. The summed E-state index contributed by atoms with van der Waals surface area (Å²) in [5, 5.41) is 19.0. The highest BCUT2D eigenvalue weighted by atomic mass is 32.1. The van der Waals surface area contributed by atoms with Crippen molar-refractivity contribution in [2.24, 2.45) is 10.1 Å². The molecule has 5 rings (SSSR count). The first-order chi connectivity index (χ1) is 18.5. The summed E-state index contributed by atoms with van der Waals surface area (Å²) >= 11 is 1.42. The van der Waals surface area contributed by atoms with Crippen LogP contribution in [0.3, 0.4) is 0 Å². The Morgan fingerprint density at radius 2 is 2.05 bits per heavy atom. The normalized spacial score (nSPS) is 14.4. The molecule has 1 aliphatic rings. The number of Topliss-reactive ketones (excluding diaryl/α,β-unsaturated/α-hetero) is 1. The Morgan fingerprint density at radius 3 is 2.76 bits per heavy atom. The van der Waals surface area contributed by atoms with E-state index in [1.165, 1.54) is 35.7 Å². The second-order valence-electron chi connectivity index (χ2n) is 8.10. The summed E-state index contributed by atoms with van der Waals surface area (Å²) in [5.41, 5.74) is 3.52. The highest BCUT2D eigenvalue weighted by Gasteiger charge is 2.31. The number of nitrogens with zero attached hydrogens (tertiary/aromatic N) is 10. The van der Waals surface area contributed by atoms with Gasteiger partial charge in [-0.3, -0.25) is 15.0 Å². The summed E-state index contributed by atoms with van der Waals surface area (Å²) in [7, 11) is 1.48. The van der Waals surface area contributed by atoms with Gasteiger partial charge in [-0.1, -0.05) is 5.10 Å². The van der Waals surface area contributed by atoms with Crippen LogP contribution in [0, 0.1) is 0 Å². The number of aliphatic imine (C=N–C) groups is 1. The number of ether oxygens (including phenoxy) is 1. The largest absolute Gasteiger partial charge is 0.494 e. The minimum atomic E-state index is -0.650. The van der Waals surface area contributed by atoms with E-state index in [0.29, 0.717) is 65.6 Å². The number of nitrogens with one attached hydrogen (secondary N) is 2. The molecule has 0 spiro atoms. The van der Waals surface area contributed by atoms with Gasteiger partial charge in [-0.2, -0.15) is 9.78 Å². The molecule has 0 aliphatic carbocycles. The minimum Gasteiger partial charge on any atom is -0.494 e. The molecule has 0 atom stereocenters.